The summed E-state index contributed by atoms with van der Waals surface area (Å²) < 4.78 is 0. The van der Waals surface area contributed by atoms with E-state index in [9.17, 15) is 0 Å². The van der Waals surface area contributed by atoms with Crippen molar-refractivity contribution < 1.29 is 5.11 Å². The Balaban J connectivity index is 0.000000371. The maximum atomic E-state index is 7.00. The van der Waals surface area contributed by atoms with Crippen LogP contribution in [-0.2, 0) is 0 Å². The molecule has 62 valence electrons. The van der Waals surface area contributed by atoms with E-state index in [0.717, 1.165) is 13.0 Å². The Morgan fingerprint density at radius 3 is 2.20 bits per heavy atom. The lowest BCUT2D eigenvalue weighted by Gasteiger charge is -1.92. The first-order valence-electron chi connectivity index (χ1n) is 4.38. The zero-order valence-corrected chi connectivity index (χ0v) is 7.27. The summed E-state index contributed by atoms with van der Waals surface area (Å²) in [6.07, 6.45) is 8.91. The van der Waals surface area contributed by atoms with Crippen molar-refractivity contribution in [2.24, 2.45) is 5.92 Å². The van der Waals surface area contributed by atoms with Gasteiger partial charge in [0, 0.05) is 7.11 Å². The fourth-order valence-corrected chi connectivity index (χ4v) is 1.09. The average Bonchev–Trinajstić information content (AvgIpc) is 2.77. The molecule has 0 aliphatic heterocycles. The Labute approximate surface area is 64.5 Å². The lowest BCUT2D eigenvalue weighted by atomic mass is 10.1. The molecule has 0 bridgehead atoms. The first kappa shape index (κ1) is 9.96. The van der Waals surface area contributed by atoms with Crippen LogP contribution in [0.5, 0.6) is 0 Å². The van der Waals surface area contributed by atoms with Gasteiger partial charge in [-0.05, 0) is 5.92 Å². The number of hydrogen-bond acceptors (Lipinski definition) is 1. The molecule has 1 fully saturated rings. The third-order valence-corrected chi connectivity index (χ3v) is 1.91. The summed E-state index contributed by atoms with van der Waals surface area (Å²) in [7, 11) is 1.00. The average molecular weight is 144 g/mol. The van der Waals surface area contributed by atoms with Crippen molar-refractivity contribution in [2.45, 2.75) is 45.4 Å². The van der Waals surface area contributed by atoms with E-state index in [1.807, 2.05) is 0 Å². The van der Waals surface area contributed by atoms with E-state index < -0.39 is 0 Å². The minimum atomic E-state index is 1.00. The predicted octanol–water partition coefficient (Wildman–Crippen LogP) is 2.59. The Kier molecular flexibility index (Phi) is 7.04. The van der Waals surface area contributed by atoms with Crippen LogP contribution in [-0.4, -0.2) is 12.2 Å². The molecular formula is C9H20O. The highest BCUT2D eigenvalue weighted by Gasteiger charge is 2.19. The summed E-state index contributed by atoms with van der Waals surface area (Å²) in [4.78, 5) is 0. The monoisotopic (exact) mass is 144 g/mol. The van der Waals surface area contributed by atoms with Gasteiger partial charge in [-0.1, -0.05) is 45.4 Å². The molecule has 0 radical (unpaired) electrons. The molecule has 0 aromatic rings. The smallest absolute Gasteiger partial charge is 0.0319 e. The van der Waals surface area contributed by atoms with Crippen molar-refractivity contribution in [3.05, 3.63) is 0 Å². The second-order valence-corrected chi connectivity index (χ2v) is 2.94. The minimum absolute atomic E-state index is 1.00. The van der Waals surface area contributed by atoms with Gasteiger partial charge in [-0.2, -0.15) is 0 Å². The first-order chi connectivity index (χ1) is 4.93. The van der Waals surface area contributed by atoms with Gasteiger partial charge >= 0.3 is 0 Å². The molecule has 1 N–H and O–H groups in total. The van der Waals surface area contributed by atoms with Crippen LogP contribution in [0.15, 0.2) is 0 Å². The van der Waals surface area contributed by atoms with Crippen molar-refractivity contribution in [3.63, 3.8) is 0 Å². The summed E-state index contributed by atoms with van der Waals surface area (Å²) in [6, 6.07) is 0. The predicted molar refractivity (Wildman–Crippen MR) is 45.0 cm³/mol. The van der Waals surface area contributed by atoms with E-state index in [2.05, 4.69) is 6.92 Å². The Morgan fingerprint density at radius 2 is 1.80 bits per heavy atom. The molecule has 0 aromatic heterocycles. The number of unbranched alkanes of at least 4 members (excludes halogenated alkanes) is 2. The first-order valence-corrected chi connectivity index (χ1v) is 4.38. The second-order valence-electron chi connectivity index (χ2n) is 2.94. The SMILES string of the molecule is CCCCCC1CC1.CO. The second kappa shape index (κ2) is 7.07. The van der Waals surface area contributed by atoms with Crippen LogP contribution in [0, 0.1) is 5.92 Å². The van der Waals surface area contributed by atoms with Crippen molar-refractivity contribution in [3.8, 4) is 0 Å². The van der Waals surface area contributed by atoms with Crippen LogP contribution < -0.4 is 0 Å². The van der Waals surface area contributed by atoms with Crippen molar-refractivity contribution >= 4 is 0 Å². The number of aliphatic hydroxyl groups excluding tert-OH is 1. The summed E-state index contributed by atoms with van der Waals surface area (Å²) in [5.41, 5.74) is 0. The van der Waals surface area contributed by atoms with Crippen LogP contribution in [0.3, 0.4) is 0 Å². The maximum Gasteiger partial charge on any atom is 0.0319 e. The normalized spacial score (nSPS) is 15.9. The molecule has 10 heavy (non-hydrogen) atoms. The molecule has 0 aromatic carbocycles. The van der Waals surface area contributed by atoms with Gasteiger partial charge < -0.3 is 5.11 Å². The number of aliphatic hydroxyl groups is 1. The third kappa shape index (κ3) is 6.09. The highest BCUT2D eigenvalue weighted by atomic mass is 16.2. The molecule has 1 nitrogen and oxygen atoms in total. The highest BCUT2D eigenvalue weighted by Crippen LogP contribution is 2.33. The van der Waals surface area contributed by atoms with E-state index in [-0.39, 0.29) is 0 Å². The van der Waals surface area contributed by atoms with Crippen LogP contribution in [0.1, 0.15) is 45.4 Å². The number of hydrogen-bond donors (Lipinski definition) is 1. The van der Waals surface area contributed by atoms with Crippen LogP contribution >= 0.6 is 0 Å². The highest BCUT2D eigenvalue weighted by molar-refractivity contribution is 4.72. The van der Waals surface area contributed by atoms with Gasteiger partial charge in [0.2, 0.25) is 0 Å². The zero-order valence-electron chi connectivity index (χ0n) is 7.27. The maximum absolute atomic E-state index is 7.00. The molecule has 1 heteroatoms. The van der Waals surface area contributed by atoms with Crippen molar-refractivity contribution in [1.29, 1.82) is 0 Å². The molecule has 0 amide bonds. The van der Waals surface area contributed by atoms with E-state index in [0.29, 0.717) is 0 Å². The fraction of sp³-hybridized carbons (Fsp3) is 1.00. The summed E-state index contributed by atoms with van der Waals surface area (Å²) >= 11 is 0. The topological polar surface area (TPSA) is 20.2 Å². The van der Waals surface area contributed by atoms with E-state index in [4.69, 9.17) is 5.11 Å². The molecule has 1 aliphatic carbocycles. The largest absolute Gasteiger partial charge is 0.400 e. The molecule has 0 heterocycles. The van der Waals surface area contributed by atoms with Gasteiger partial charge in [0.15, 0.2) is 0 Å². The molecule has 0 spiro atoms. The van der Waals surface area contributed by atoms with Crippen molar-refractivity contribution in [1.82, 2.24) is 0 Å². The Hall–Kier alpha value is -0.0400. The molecule has 0 atom stereocenters. The van der Waals surface area contributed by atoms with Gasteiger partial charge in [0.25, 0.3) is 0 Å². The molecular weight excluding hydrogens is 124 g/mol. The van der Waals surface area contributed by atoms with Gasteiger partial charge in [0.05, 0.1) is 0 Å². The minimum Gasteiger partial charge on any atom is -0.400 e. The lowest BCUT2D eigenvalue weighted by molar-refractivity contribution is 0.399. The Bertz CT molecular complexity index is 57.7. The summed E-state index contributed by atoms with van der Waals surface area (Å²) in [6.45, 7) is 2.27. The standard InChI is InChI=1S/C8H16.CH4O/c1-2-3-4-5-8-6-7-8;1-2/h8H,2-7H2,1H3;2H,1H3. The molecule has 1 saturated carbocycles. The van der Waals surface area contributed by atoms with Crippen LogP contribution in [0.2, 0.25) is 0 Å². The lowest BCUT2D eigenvalue weighted by Crippen LogP contribution is -1.75. The zero-order chi connectivity index (χ0) is 7.82. The summed E-state index contributed by atoms with van der Waals surface area (Å²) in [5, 5.41) is 7.00. The number of rotatable bonds is 4. The van der Waals surface area contributed by atoms with Crippen LogP contribution in [0.4, 0.5) is 0 Å². The molecule has 1 rings (SSSR count). The van der Waals surface area contributed by atoms with Gasteiger partial charge in [-0.3, -0.25) is 0 Å². The molecule has 1 aliphatic rings. The third-order valence-electron chi connectivity index (χ3n) is 1.91. The van der Waals surface area contributed by atoms with E-state index >= 15 is 0 Å². The van der Waals surface area contributed by atoms with Gasteiger partial charge in [0.1, 0.15) is 0 Å². The van der Waals surface area contributed by atoms with Gasteiger partial charge in [-0.25, -0.2) is 0 Å². The summed E-state index contributed by atoms with van der Waals surface area (Å²) in [5.74, 6) is 1.15. The van der Waals surface area contributed by atoms with E-state index in [1.165, 1.54) is 38.5 Å². The molecule has 0 unspecified atom stereocenters. The van der Waals surface area contributed by atoms with Gasteiger partial charge in [-0.15, -0.1) is 0 Å². The Morgan fingerprint density at radius 1 is 1.20 bits per heavy atom. The quantitative estimate of drug-likeness (QED) is 0.601. The fourth-order valence-electron chi connectivity index (χ4n) is 1.09. The van der Waals surface area contributed by atoms with E-state index in [1.54, 1.807) is 0 Å². The van der Waals surface area contributed by atoms with Crippen molar-refractivity contribution in [2.75, 3.05) is 7.11 Å². The molecule has 0 saturated heterocycles. The van der Waals surface area contributed by atoms with Crippen LogP contribution in [0.25, 0.3) is 0 Å².